The minimum Gasteiger partial charge on any atom is -0.467 e. The van der Waals surface area contributed by atoms with Crippen molar-refractivity contribution in [2.45, 2.75) is 62.1 Å². The molecule has 1 aromatic rings. The fourth-order valence-corrected chi connectivity index (χ4v) is 4.63. The van der Waals surface area contributed by atoms with Crippen LogP contribution >= 0.6 is 11.9 Å². The number of benzene rings is 1. The molecule has 3 N–H and O–H groups in total. The molecule has 1 fully saturated rings. The van der Waals surface area contributed by atoms with Crippen molar-refractivity contribution in [2.24, 2.45) is 5.14 Å². The summed E-state index contributed by atoms with van der Waals surface area (Å²) in [5, 5.41) is 5.09. The third-order valence-corrected chi connectivity index (χ3v) is 6.41. The van der Waals surface area contributed by atoms with Crippen molar-refractivity contribution in [3.05, 3.63) is 29.8 Å². The van der Waals surface area contributed by atoms with E-state index in [2.05, 4.69) is 4.72 Å². The third kappa shape index (κ3) is 8.17. The molecule has 194 valence electrons. The van der Waals surface area contributed by atoms with Gasteiger partial charge in [0.1, 0.15) is 0 Å². The smallest absolute Gasteiger partial charge is 0.339 e. The Morgan fingerprint density at radius 2 is 1.46 bits per heavy atom. The van der Waals surface area contributed by atoms with Crippen LogP contribution in [0.4, 0.5) is 0 Å². The zero-order valence-electron chi connectivity index (χ0n) is 19.3. The first-order valence-corrected chi connectivity index (χ1v) is 12.5. The van der Waals surface area contributed by atoms with Gasteiger partial charge >= 0.3 is 23.9 Å². The van der Waals surface area contributed by atoms with E-state index >= 15 is 0 Å². The molecule has 35 heavy (non-hydrogen) atoms. The van der Waals surface area contributed by atoms with E-state index in [-0.39, 0.29) is 11.4 Å². The van der Waals surface area contributed by atoms with Gasteiger partial charge in [0, 0.05) is 27.3 Å². The Labute approximate surface area is 206 Å². The van der Waals surface area contributed by atoms with Crippen LogP contribution in [-0.2, 0) is 59.4 Å². The predicted octanol–water partition coefficient (Wildman–Crippen LogP) is -0.235. The number of methoxy groups -OCH3 is 1. The predicted molar refractivity (Wildman–Crippen MR) is 120 cm³/mol. The molecule has 5 atom stereocenters. The van der Waals surface area contributed by atoms with Crippen LogP contribution in [0.3, 0.4) is 0 Å². The summed E-state index contributed by atoms with van der Waals surface area (Å²) in [5.74, 6) is -3.21. The van der Waals surface area contributed by atoms with Gasteiger partial charge in [-0.15, -0.1) is 0 Å². The van der Waals surface area contributed by atoms with E-state index < -0.39 is 63.8 Å². The first kappa shape index (κ1) is 28.5. The van der Waals surface area contributed by atoms with Crippen LogP contribution in [0.5, 0.6) is 0 Å². The highest BCUT2D eigenvalue weighted by Gasteiger charge is 2.54. The van der Waals surface area contributed by atoms with Crippen molar-refractivity contribution in [1.29, 1.82) is 0 Å². The normalized spacial score (nSPS) is 24.2. The first-order valence-electron chi connectivity index (χ1n) is 10.1. The van der Waals surface area contributed by atoms with Gasteiger partial charge in [0.05, 0.1) is 12.0 Å². The average Bonchev–Trinajstić information content (AvgIpc) is 2.75. The number of rotatable bonds is 9. The number of carbonyl (C=O) groups excluding carboxylic acids is 4. The Morgan fingerprint density at radius 3 is 1.94 bits per heavy atom. The fourth-order valence-electron chi connectivity index (χ4n) is 3.18. The highest BCUT2D eigenvalue weighted by molar-refractivity contribution is 7.97. The highest BCUT2D eigenvalue weighted by Crippen LogP contribution is 2.33. The van der Waals surface area contributed by atoms with Crippen LogP contribution in [0.15, 0.2) is 29.2 Å². The second-order valence-corrected chi connectivity index (χ2v) is 9.85. The van der Waals surface area contributed by atoms with E-state index in [4.69, 9.17) is 28.8 Å². The summed E-state index contributed by atoms with van der Waals surface area (Å²) in [6.07, 6.45) is -5.60. The van der Waals surface area contributed by atoms with Crippen LogP contribution in [0.25, 0.3) is 0 Å². The molecule has 1 aliphatic heterocycles. The van der Waals surface area contributed by atoms with Crippen LogP contribution in [0, 0.1) is 0 Å². The molecule has 0 bridgehead atoms. The summed E-state index contributed by atoms with van der Waals surface area (Å²) in [7, 11) is -2.74. The van der Waals surface area contributed by atoms with E-state index in [9.17, 15) is 27.6 Å². The maximum atomic E-state index is 12.4. The lowest BCUT2D eigenvalue weighted by Crippen LogP contribution is -2.62. The second-order valence-electron chi connectivity index (χ2n) is 7.30. The number of hydrogen-bond donors (Lipinski definition) is 2. The quantitative estimate of drug-likeness (QED) is 0.240. The van der Waals surface area contributed by atoms with Gasteiger partial charge < -0.3 is 23.7 Å². The van der Waals surface area contributed by atoms with E-state index in [0.29, 0.717) is 5.56 Å². The Bertz CT molecular complexity index is 1050. The molecule has 15 heteroatoms. The lowest BCUT2D eigenvalue weighted by Gasteiger charge is -2.43. The molecule has 1 saturated heterocycles. The molecule has 1 aliphatic rings. The van der Waals surface area contributed by atoms with Gasteiger partial charge in [0.2, 0.25) is 10.0 Å². The van der Waals surface area contributed by atoms with Gasteiger partial charge in [-0.2, -0.15) is 0 Å². The molecule has 0 spiro atoms. The van der Waals surface area contributed by atoms with Gasteiger partial charge in [0.15, 0.2) is 29.9 Å². The molecule has 0 amide bonds. The van der Waals surface area contributed by atoms with Gasteiger partial charge in [0.25, 0.3) is 0 Å². The van der Waals surface area contributed by atoms with E-state index in [1.54, 1.807) is 0 Å². The summed E-state index contributed by atoms with van der Waals surface area (Å²) in [6.45, 7) is 3.50. The molecule has 0 aliphatic carbocycles. The molecule has 1 heterocycles. The van der Waals surface area contributed by atoms with Crippen molar-refractivity contribution in [2.75, 3.05) is 7.11 Å². The molecule has 0 aromatic heterocycles. The van der Waals surface area contributed by atoms with Crippen molar-refractivity contribution in [3.8, 4) is 0 Å². The number of hydrogen-bond acceptors (Lipinski definition) is 13. The molecule has 0 radical (unpaired) electrons. The maximum Gasteiger partial charge on any atom is 0.339 e. The van der Waals surface area contributed by atoms with Crippen LogP contribution < -0.4 is 9.86 Å². The van der Waals surface area contributed by atoms with Crippen molar-refractivity contribution in [3.63, 3.8) is 0 Å². The molecule has 1 aromatic carbocycles. The van der Waals surface area contributed by atoms with Gasteiger partial charge in [-0.1, -0.05) is 12.1 Å². The van der Waals surface area contributed by atoms with E-state index in [1.807, 2.05) is 0 Å². The Kier molecular flexibility index (Phi) is 10.0. The zero-order chi connectivity index (χ0) is 26.3. The summed E-state index contributed by atoms with van der Waals surface area (Å²) in [4.78, 5) is 47.6. The third-order valence-electron chi connectivity index (χ3n) is 4.56. The van der Waals surface area contributed by atoms with Gasteiger partial charge in [-0.05, 0) is 29.6 Å². The van der Waals surface area contributed by atoms with E-state index in [1.165, 1.54) is 24.3 Å². The van der Waals surface area contributed by atoms with Gasteiger partial charge in [-0.25, -0.2) is 18.4 Å². The summed E-state index contributed by atoms with van der Waals surface area (Å²) in [5.41, 5.74) is -0.438. The van der Waals surface area contributed by atoms with Crippen molar-refractivity contribution >= 4 is 45.8 Å². The number of carbonyl (C=O) groups is 4. The zero-order valence-corrected chi connectivity index (χ0v) is 20.9. The average molecular weight is 535 g/mol. The van der Waals surface area contributed by atoms with Crippen LogP contribution in [0.2, 0.25) is 0 Å². The number of sulfonamides is 1. The Hall–Kier alpha value is -2.72. The lowest BCUT2D eigenvalue weighted by atomic mass is 9.99. The summed E-state index contributed by atoms with van der Waals surface area (Å²) < 4.78 is 52.1. The molecule has 0 saturated carbocycles. The SMILES string of the molecule is COC(=O)[C@H]1O[C@@H](SNCc2ccc(S(N)(=O)=O)cc2)[C@H](OC(C)=O)[C@@H](OC(C)=O)[C@@H]1OC(C)=O. The maximum absolute atomic E-state index is 12.4. The minimum atomic E-state index is -3.84. The topological polar surface area (TPSA) is 187 Å². The van der Waals surface area contributed by atoms with Crippen molar-refractivity contribution < 1.29 is 51.3 Å². The first-order chi connectivity index (χ1) is 16.3. The Morgan fingerprint density at radius 1 is 0.943 bits per heavy atom. The lowest BCUT2D eigenvalue weighted by molar-refractivity contribution is -0.235. The fraction of sp³-hybridized carbons (Fsp3) is 0.500. The number of primary sulfonamides is 1. The number of esters is 4. The molecule has 13 nitrogen and oxygen atoms in total. The largest absolute Gasteiger partial charge is 0.467 e. The highest BCUT2D eigenvalue weighted by atomic mass is 32.2. The van der Waals surface area contributed by atoms with Crippen LogP contribution in [-0.4, -0.2) is 69.3 Å². The number of ether oxygens (including phenoxy) is 5. The van der Waals surface area contributed by atoms with Crippen LogP contribution in [0.1, 0.15) is 26.3 Å². The number of nitrogens with two attached hydrogens (primary N) is 1. The molecular formula is C20H26N2O11S2. The van der Waals surface area contributed by atoms with E-state index in [0.717, 1.165) is 39.8 Å². The monoisotopic (exact) mass is 534 g/mol. The standard InChI is InChI=1S/C20H26N2O11S2/c1-10(23)30-15-16(31-11(2)24)18(32-12(3)25)20(33-17(15)19(26)29-4)34-22-9-13-5-7-14(8-6-13)35(21,27)28/h5-8,15-18,20,22H,9H2,1-4H3,(H2,21,27,28)/t15-,16-,17-,18+,20-/m0/s1. The second kappa shape index (κ2) is 12.3. The van der Waals surface area contributed by atoms with Crippen molar-refractivity contribution in [1.82, 2.24) is 4.72 Å². The minimum absolute atomic E-state index is 0.0545. The molecule has 0 unspecified atom stereocenters. The number of nitrogens with one attached hydrogen (secondary N) is 1. The molecular weight excluding hydrogens is 508 g/mol. The Balaban J connectivity index is 2.28. The van der Waals surface area contributed by atoms with Gasteiger partial charge in [-0.3, -0.25) is 19.1 Å². The summed E-state index contributed by atoms with van der Waals surface area (Å²) in [6, 6.07) is 5.75. The summed E-state index contributed by atoms with van der Waals surface area (Å²) >= 11 is 0.903. The molecule has 2 rings (SSSR count).